The SMILES string of the molecule is Cc1cc(NC(=O)NCCc2cnc[nH]2)n(CC(C)C)n1. The Kier molecular flexibility index (Phi) is 4.97. The minimum absolute atomic E-state index is 0.223. The number of hydrogen-bond acceptors (Lipinski definition) is 3. The van der Waals surface area contributed by atoms with Crippen LogP contribution in [-0.4, -0.2) is 32.3 Å². The zero-order valence-electron chi connectivity index (χ0n) is 12.7. The molecule has 0 aliphatic rings. The van der Waals surface area contributed by atoms with Crippen molar-refractivity contribution in [2.24, 2.45) is 5.92 Å². The summed E-state index contributed by atoms with van der Waals surface area (Å²) in [5.74, 6) is 1.19. The van der Waals surface area contributed by atoms with Gasteiger partial charge in [-0.2, -0.15) is 5.10 Å². The van der Waals surface area contributed by atoms with Gasteiger partial charge in [-0.25, -0.2) is 14.5 Å². The van der Waals surface area contributed by atoms with Crippen molar-refractivity contribution in [1.82, 2.24) is 25.1 Å². The topological polar surface area (TPSA) is 87.6 Å². The van der Waals surface area contributed by atoms with Gasteiger partial charge in [0.25, 0.3) is 0 Å². The van der Waals surface area contributed by atoms with E-state index in [1.54, 1.807) is 12.5 Å². The third-order valence-corrected chi connectivity index (χ3v) is 2.92. The standard InChI is InChI=1S/C14H22N6O/c1-10(2)8-20-13(6-11(3)19-20)18-14(21)16-5-4-12-7-15-9-17-12/h6-7,9-10H,4-5,8H2,1-3H3,(H,15,17)(H2,16,18,21). The molecule has 0 unspecified atom stereocenters. The van der Waals surface area contributed by atoms with Gasteiger partial charge in [0.1, 0.15) is 5.82 Å². The third kappa shape index (κ3) is 4.62. The Hall–Kier alpha value is -2.31. The highest BCUT2D eigenvalue weighted by molar-refractivity contribution is 5.88. The second-order valence-corrected chi connectivity index (χ2v) is 5.45. The Labute approximate surface area is 124 Å². The molecule has 2 heterocycles. The second kappa shape index (κ2) is 6.92. The van der Waals surface area contributed by atoms with Crippen molar-refractivity contribution in [3.8, 4) is 0 Å². The zero-order valence-corrected chi connectivity index (χ0v) is 12.7. The molecule has 0 aliphatic heterocycles. The molecule has 0 atom stereocenters. The van der Waals surface area contributed by atoms with E-state index in [0.717, 1.165) is 30.2 Å². The highest BCUT2D eigenvalue weighted by atomic mass is 16.2. The number of aryl methyl sites for hydroxylation is 1. The second-order valence-electron chi connectivity index (χ2n) is 5.45. The number of rotatable bonds is 6. The van der Waals surface area contributed by atoms with Crippen molar-refractivity contribution < 1.29 is 4.79 Å². The Morgan fingerprint density at radius 1 is 1.48 bits per heavy atom. The fraction of sp³-hybridized carbons (Fsp3) is 0.500. The van der Waals surface area contributed by atoms with E-state index in [1.807, 2.05) is 17.7 Å². The molecule has 2 rings (SSSR count). The first kappa shape index (κ1) is 15.1. The Morgan fingerprint density at radius 2 is 2.29 bits per heavy atom. The lowest BCUT2D eigenvalue weighted by Gasteiger charge is -2.11. The van der Waals surface area contributed by atoms with Gasteiger partial charge in [0.2, 0.25) is 0 Å². The summed E-state index contributed by atoms with van der Waals surface area (Å²) in [5.41, 5.74) is 1.89. The molecule has 114 valence electrons. The molecule has 3 N–H and O–H groups in total. The number of urea groups is 1. The largest absolute Gasteiger partial charge is 0.348 e. The first-order valence-electron chi connectivity index (χ1n) is 7.11. The van der Waals surface area contributed by atoms with Crippen molar-refractivity contribution in [3.05, 3.63) is 30.0 Å². The van der Waals surface area contributed by atoms with Crippen LogP contribution in [0.2, 0.25) is 0 Å². The molecule has 0 aliphatic carbocycles. The molecule has 0 fully saturated rings. The maximum absolute atomic E-state index is 11.9. The first-order valence-corrected chi connectivity index (χ1v) is 7.11. The molecular formula is C14H22N6O. The van der Waals surface area contributed by atoms with Gasteiger partial charge in [0.15, 0.2) is 0 Å². The lowest BCUT2D eigenvalue weighted by Crippen LogP contribution is -2.31. The minimum atomic E-state index is -0.223. The van der Waals surface area contributed by atoms with E-state index in [9.17, 15) is 4.79 Å². The van der Waals surface area contributed by atoms with Crippen LogP contribution >= 0.6 is 0 Å². The summed E-state index contributed by atoms with van der Waals surface area (Å²) in [5, 5.41) is 10.0. The summed E-state index contributed by atoms with van der Waals surface area (Å²) >= 11 is 0. The Morgan fingerprint density at radius 3 is 2.95 bits per heavy atom. The summed E-state index contributed by atoms with van der Waals surface area (Å²) in [7, 11) is 0. The normalized spacial score (nSPS) is 10.9. The van der Waals surface area contributed by atoms with Gasteiger partial charge in [0.05, 0.1) is 12.0 Å². The average Bonchev–Trinajstić information content (AvgIpc) is 3.00. The number of carbonyl (C=O) groups excluding carboxylic acids is 1. The summed E-state index contributed by atoms with van der Waals surface area (Å²) in [4.78, 5) is 18.8. The number of aromatic amines is 1. The first-order chi connectivity index (χ1) is 10.0. The Bertz CT molecular complexity index is 572. The number of hydrogen-bond donors (Lipinski definition) is 3. The zero-order chi connectivity index (χ0) is 15.2. The van der Waals surface area contributed by atoms with Crippen LogP contribution in [-0.2, 0) is 13.0 Å². The predicted molar refractivity (Wildman–Crippen MR) is 81.1 cm³/mol. The van der Waals surface area contributed by atoms with Crippen molar-refractivity contribution >= 4 is 11.8 Å². The monoisotopic (exact) mass is 290 g/mol. The molecule has 0 saturated heterocycles. The molecule has 7 nitrogen and oxygen atoms in total. The lowest BCUT2D eigenvalue weighted by atomic mass is 10.2. The smallest absolute Gasteiger partial charge is 0.320 e. The summed E-state index contributed by atoms with van der Waals surface area (Å²) in [6.45, 7) is 7.47. The van der Waals surface area contributed by atoms with Gasteiger partial charge in [-0.3, -0.25) is 5.32 Å². The molecule has 0 aromatic carbocycles. The van der Waals surface area contributed by atoms with Gasteiger partial charge in [0, 0.05) is 37.5 Å². The predicted octanol–water partition coefficient (Wildman–Crippen LogP) is 1.93. The van der Waals surface area contributed by atoms with Crippen molar-refractivity contribution in [1.29, 1.82) is 0 Å². The molecule has 2 aromatic rings. The third-order valence-electron chi connectivity index (χ3n) is 2.92. The number of imidazole rings is 1. The van der Waals surface area contributed by atoms with Crippen LogP contribution in [0, 0.1) is 12.8 Å². The molecule has 0 bridgehead atoms. The fourth-order valence-electron chi connectivity index (χ4n) is 2.02. The quantitative estimate of drug-likeness (QED) is 0.759. The fourth-order valence-corrected chi connectivity index (χ4v) is 2.02. The summed E-state index contributed by atoms with van der Waals surface area (Å²) in [6.07, 6.45) is 4.10. The molecule has 0 saturated carbocycles. The van der Waals surface area contributed by atoms with Crippen LogP contribution in [0.25, 0.3) is 0 Å². The van der Waals surface area contributed by atoms with Crippen LogP contribution in [0.3, 0.4) is 0 Å². The van der Waals surface area contributed by atoms with E-state index in [0.29, 0.717) is 12.5 Å². The highest BCUT2D eigenvalue weighted by Crippen LogP contribution is 2.12. The molecule has 2 amide bonds. The maximum Gasteiger partial charge on any atom is 0.320 e. The van der Waals surface area contributed by atoms with Crippen molar-refractivity contribution in [2.45, 2.75) is 33.7 Å². The number of aromatic nitrogens is 4. The highest BCUT2D eigenvalue weighted by Gasteiger charge is 2.10. The number of anilines is 1. The number of carbonyl (C=O) groups is 1. The van der Waals surface area contributed by atoms with Crippen LogP contribution in [0.4, 0.5) is 10.6 Å². The lowest BCUT2D eigenvalue weighted by molar-refractivity contribution is 0.252. The van der Waals surface area contributed by atoms with E-state index in [2.05, 4.69) is 39.5 Å². The summed E-state index contributed by atoms with van der Waals surface area (Å²) in [6, 6.07) is 1.65. The number of amides is 2. The van der Waals surface area contributed by atoms with Gasteiger partial charge >= 0.3 is 6.03 Å². The van der Waals surface area contributed by atoms with Crippen LogP contribution in [0.5, 0.6) is 0 Å². The summed E-state index contributed by atoms with van der Waals surface area (Å²) < 4.78 is 1.83. The van der Waals surface area contributed by atoms with E-state index >= 15 is 0 Å². The van der Waals surface area contributed by atoms with Gasteiger partial charge in [-0.15, -0.1) is 0 Å². The van der Waals surface area contributed by atoms with Crippen LogP contribution < -0.4 is 10.6 Å². The van der Waals surface area contributed by atoms with Crippen molar-refractivity contribution in [2.75, 3.05) is 11.9 Å². The average molecular weight is 290 g/mol. The molecule has 0 spiro atoms. The number of nitrogens with zero attached hydrogens (tertiary/aromatic N) is 3. The van der Waals surface area contributed by atoms with Crippen molar-refractivity contribution in [3.63, 3.8) is 0 Å². The minimum Gasteiger partial charge on any atom is -0.348 e. The van der Waals surface area contributed by atoms with Gasteiger partial charge in [-0.05, 0) is 12.8 Å². The molecular weight excluding hydrogens is 268 g/mol. The Balaban J connectivity index is 1.84. The van der Waals surface area contributed by atoms with E-state index in [4.69, 9.17) is 0 Å². The molecule has 7 heteroatoms. The molecule has 21 heavy (non-hydrogen) atoms. The number of H-pyrrole nitrogens is 1. The van der Waals surface area contributed by atoms with E-state index < -0.39 is 0 Å². The maximum atomic E-state index is 11.9. The van der Waals surface area contributed by atoms with E-state index in [1.165, 1.54) is 0 Å². The number of nitrogens with one attached hydrogen (secondary N) is 3. The van der Waals surface area contributed by atoms with Gasteiger partial charge in [-0.1, -0.05) is 13.8 Å². The van der Waals surface area contributed by atoms with Gasteiger partial charge < -0.3 is 10.3 Å². The van der Waals surface area contributed by atoms with Crippen LogP contribution in [0.15, 0.2) is 18.6 Å². The van der Waals surface area contributed by atoms with E-state index in [-0.39, 0.29) is 6.03 Å². The van der Waals surface area contributed by atoms with Crippen LogP contribution in [0.1, 0.15) is 25.2 Å². The molecule has 2 aromatic heterocycles. The molecule has 0 radical (unpaired) electrons.